The van der Waals surface area contributed by atoms with Crippen molar-refractivity contribution < 1.29 is 4.74 Å². The van der Waals surface area contributed by atoms with Crippen molar-refractivity contribution in [3.8, 4) is 5.75 Å². The molecule has 3 heteroatoms. The number of rotatable bonds is 5. The van der Waals surface area contributed by atoms with E-state index in [1.165, 1.54) is 24.9 Å². The first-order valence-electron chi connectivity index (χ1n) is 6.33. The van der Waals surface area contributed by atoms with Gasteiger partial charge in [0.2, 0.25) is 0 Å². The van der Waals surface area contributed by atoms with E-state index in [1.807, 2.05) is 12.1 Å². The highest BCUT2D eigenvalue weighted by Crippen LogP contribution is 2.19. The summed E-state index contributed by atoms with van der Waals surface area (Å²) >= 11 is 0. The van der Waals surface area contributed by atoms with E-state index in [1.54, 1.807) is 7.11 Å². The Kier molecular flexibility index (Phi) is 4.40. The van der Waals surface area contributed by atoms with Crippen molar-refractivity contribution in [2.75, 3.05) is 27.2 Å². The number of para-hydroxylation sites is 1. The molecule has 0 spiro atoms. The fourth-order valence-corrected chi connectivity index (χ4v) is 2.48. The lowest BCUT2D eigenvalue weighted by Crippen LogP contribution is -2.35. The molecule has 1 heterocycles. The van der Waals surface area contributed by atoms with Crippen LogP contribution in [0.15, 0.2) is 24.3 Å². The molecule has 1 aliphatic rings. The number of nitrogens with zero attached hydrogens (tertiary/aromatic N) is 1. The summed E-state index contributed by atoms with van der Waals surface area (Å²) in [6.07, 6.45) is 2.61. The van der Waals surface area contributed by atoms with Gasteiger partial charge in [-0.05, 0) is 32.5 Å². The lowest BCUT2D eigenvalue weighted by molar-refractivity contribution is 0.287. The Balaban J connectivity index is 1.90. The van der Waals surface area contributed by atoms with E-state index in [2.05, 4.69) is 29.4 Å². The summed E-state index contributed by atoms with van der Waals surface area (Å²) in [4.78, 5) is 2.36. The maximum atomic E-state index is 5.37. The molecule has 0 bridgehead atoms. The van der Waals surface area contributed by atoms with Gasteiger partial charge in [-0.3, -0.25) is 0 Å². The largest absolute Gasteiger partial charge is 0.496 e. The average Bonchev–Trinajstić information content (AvgIpc) is 2.82. The third-order valence-corrected chi connectivity index (χ3v) is 3.33. The minimum Gasteiger partial charge on any atom is -0.496 e. The summed E-state index contributed by atoms with van der Waals surface area (Å²) < 4.78 is 5.37. The highest BCUT2D eigenvalue weighted by molar-refractivity contribution is 5.33. The van der Waals surface area contributed by atoms with E-state index in [9.17, 15) is 0 Å². The molecule has 1 saturated heterocycles. The van der Waals surface area contributed by atoms with Crippen LogP contribution in [0.2, 0.25) is 0 Å². The molecule has 0 saturated carbocycles. The second-order valence-corrected chi connectivity index (χ2v) is 4.80. The van der Waals surface area contributed by atoms with Crippen LogP contribution in [0.5, 0.6) is 5.75 Å². The monoisotopic (exact) mass is 234 g/mol. The van der Waals surface area contributed by atoms with Crippen molar-refractivity contribution in [2.45, 2.75) is 25.4 Å². The average molecular weight is 234 g/mol. The molecule has 1 aliphatic heterocycles. The number of ether oxygens (including phenoxy) is 1. The molecule has 1 aromatic carbocycles. The third kappa shape index (κ3) is 3.45. The van der Waals surface area contributed by atoms with Crippen LogP contribution < -0.4 is 10.1 Å². The van der Waals surface area contributed by atoms with Crippen LogP contribution in [0.1, 0.15) is 18.4 Å². The summed E-state index contributed by atoms with van der Waals surface area (Å²) in [7, 11) is 3.91. The number of nitrogens with one attached hydrogen (secondary N) is 1. The molecule has 17 heavy (non-hydrogen) atoms. The predicted molar refractivity (Wildman–Crippen MR) is 70.4 cm³/mol. The van der Waals surface area contributed by atoms with Crippen molar-refractivity contribution >= 4 is 0 Å². The molecule has 1 fully saturated rings. The number of hydrogen-bond donors (Lipinski definition) is 1. The summed E-state index contributed by atoms with van der Waals surface area (Å²) in [5.74, 6) is 0.985. The van der Waals surface area contributed by atoms with Crippen LogP contribution in [-0.4, -0.2) is 38.2 Å². The Hall–Kier alpha value is -1.06. The standard InChI is InChI=1S/C14H22N2O/c1-16(11-13-7-5-9-15-13)10-12-6-3-4-8-14(12)17-2/h3-4,6,8,13,15H,5,7,9-11H2,1-2H3/t13-/m1/s1. The second-order valence-electron chi connectivity index (χ2n) is 4.80. The van der Waals surface area contributed by atoms with E-state index in [-0.39, 0.29) is 0 Å². The Morgan fingerprint density at radius 2 is 2.24 bits per heavy atom. The SMILES string of the molecule is COc1ccccc1CN(C)C[C@H]1CCCN1. The molecule has 94 valence electrons. The van der Waals surface area contributed by atoms with Gasteiger partial charge in [-0.1, -0.05) is 18.2 Å². The molecule has 0 aliphatic carbocycles. The lowest BCUT2D eigenvalue weighted by atomic mass is 10.1. The maximum Gasteiger partial charge on any atom is 0.123 e. The van der Waals surface area contributed by atoms with Crippen molar-refractivity contribution in [3.05, 3.63) is 29.8 Å². The number of hydrogen-bond acceptors (Lipinski definition) is 3. The van der Waals surface area contributed by atoms with Gasteiger partial charge >= 0.3 is 0 Å². The minimum atomic E-state index is 0.662. The Bertz CT molecular complexity index is 348. The zero-order valence-electron chi connectivity index (χ0n) is 10.8. The molecule has 1 atom stereocenters. The minimum absolute atomic E-state index is 0.662. The van der Waals surface area contributed by atoms with Crippen LogP contribution in [-0.2, 0) is 6.54 Å². The van der Waals surface area contributed by atoms with Gasteiger partial charge in [0.25, 0.3) is 0 Å². The first-order chi connectivity index (χ1) is 8.29. The Morgan fingerprint density at radius 3 is 2.94 bits per heavy atom. The van der Waals surface area contributed by atoms with E-state index in [4.69, 9.17) is 4.74 Å². The van der Waals surface area contributed by atoms with Gasteiger partial charge in [-0.2, -0.15) is 0 Å². The van der Waals surface area contributed by atoms with Gasteiger partial charge < -0.3 is 15.0 Å². The normalized spacial score (nSPS) is 19.8. The van der Waals surface area contributed by atoms with Crippen molar-refractivity contribution in [1.29, 1.82) is 0 Å². The van der Waals surface area contributed by atoms with Crippen molar-refractivity contribution in [1.82, 2.24) is 10.2 Å². The Labute approximate surface area is 104 Å². The van der Waals surface area contributed by atoms with Crippen LogP contribution in [0, 0.1) is 0 Å². The highest BCUT2D eigenvalue weighted by atomic mass is 16.5. The zero-order valence-corrected chi connectivity index (χ0v) is 10.8. The van der Waals surface area contributed by atoms with Gasteiger partial charge in [0.1, 0.15) is 5.75 Å². The van der Waals surface area contributed by atoms with Crippen LogP contribution >= 0.6 is 0 Å². The van der Waals surface area contributed by atoms with Crippen molar-refractivity contribution in [2.24, 2.45) is 0 Å². The lowest BCUT2D eigenvalue weighted by Gasteiger charge is -2.22. The molecular formula is C14H22N2O. The van der Waals surface area contributed by atoms with Gasteiger partial charge in [-0.15, -0.1) is 0 Å². The molecule has 0 radical (unpaired) electrons. The summed E-state index contributed by atoms with van der Waals surface area (Å²) in [6.45, 7) is 3.23. The van der Waals surface area contributed by atoms with E-state index in [0.29, 0.717) is 6.04 Å². The second kappa shape index (κ2) is 6.03. The molecule has 1 N–H and O–H groups in total. The molecule has 3 nitrogen and oxygen atoms in total. The number of methoxy groups -OCH3 is 1. The maximum absolute atomic E-state index is 5.37. The topological polar surface area (TPSA) is 24.5 Å². The van der Waals surface area contributed by atoms with Gasteiger partial charge in [0, 0.05) is 24.7 Å². The summed E-state index contributed by atoms with van der Waals surface area (Å²) in [5, 5.41) is 3.53. The molecule has 0 amide bonds. The fourth-order valence-electron chi connectivity index (χ4n) is 2.48. The summed E-state index contributed by atoms with van der Waals surface area (Å²) in [6, 6.07) is 8.91. The Morgan fingerprint density at radius 1 is 1.41 bits per heavy atom. The summed E-state index contributed by atoms with van der Waals surface area (Å²) in [5.41, 5.74) is 1.26. The van der Waals surface area contributed by atoms with E-state index >= 15 is 0 Å². The number of benzene rings is 1. The van der Waals surface area contributed by atoms with E-state index < -0.39 is 0 Å². The zero-order chi connectivity index (χ0) is 12.1. The van der Waals surface area contributed by atoms with Gasteiger partial charge in [0.05, 0.1) is 7.11 Å². The molecule has 1 aromatic rings. The smallest absolute Gasteiger partial charge is 0.123 e. The van der Waals surface area contributed by atoms with E-state index in [0.717, 1.165) is 18.8 Å². The molecule has 0 unspecified atom stereocenters. The van der Waals surface area contributed by atoms with Crippen molar-refractivity contribution in [3.63, 3.8) is 0 Å². The van der Waals surface area contributed by atoms with Crippen LogP contribution in [0.3, 0.4) is 0 Å². The van der Waals surface area contributed by atoms with Gasteiger partial charge in [0.15, 0.2) is 0 Å². The molecule has 0 aromatic heterocycles. The predicted octanol–water partition coefficient (Wildman–Crippen LogP) is 1.88. The molecular weight excluding hydrogens is 212 g/mol. The fraction of sp³-hybridized carbons (Fsp3) is 0.571. The third-order valence-electron chi connectivity index (χ3n) is 3.33. The van der Waals surface area contributed by atoms with Crippen LogP contribution in [0.25, 0.3) is 0 Å². The van der Waals surface area contributed by atoms with Gasteiger partial charge in [-0.25, -0.2) is 0 Å². The number of likely N-dealkylation sites (N-methyl/N-ethyl adjacent to an activating group) is 1. The first kappa shape index (κ1) is 12.4. The van der Waals surface area contributed by atoms with Crippen LogP contribution in [0.4, 0.5) is 0 Å². The quantitative estimate of drug-likeness (QED) is 0.842. The highest BCUT2D eigenvalue weighted by Gasteiger charge is 2.16. The molecule has 2 rings (SSSR count). The first-order valence-corrected chi connectivity index (χ1v) is 6.33.